The average Bonchev–Trinajstić information content (AvgIpc) is 3.28. The van der Waals surface area contributed by atoms with Gasteiger partial charge in [-0.05, 0) is 87.9 Å². The lowest BCUT2D eigenvalue weighted by molar-refractivity contribution is -0.133. The van der Waals surface area contributed by atoms with Crippen LogP contribution in [0.3, 0.4) is 0 Å². The summed E-state index contributed by atoms with van der Waals surface area (Å²) < 4.78 is 0. The van der Waals surface area contributed by atoms with Crippen molar-refractivity contribution in [2.75, 3.05) is 0 Å². The van der Waals surface area contributed by atoms with Gasteiger partial charge in [0.15, 0.2) is 0 Å². The fourth-order valence-corrected chi connectivity index (χ4v) is 8.03. The first-order chi connectivity index (χ1) is 13.1. The van der Waals surface area contributed by atoms with Gasteiger partial charge in [-0.2, -0.15) is 0 Å². The molecule has 2 N–H and O–H groups in total. The zero-order chi connectivity index (χ0) is 21.6. The lowest BCUT2D eigenvalue weighted by atomic mass is 9.59. The number of hydrogen-bond donors (Lipinski definition) is 2. The van der Waals surface area contributed by atoms with Crippen LogP contribution in [0, 0.1) is 39.9 Å². The Bertz CT molecular complexity index is 744. The van der Waals surface area contributed by atoms with E-state index in [0.29, 0.717) is 24.0 Å². The lowest BCUT2D eigenvalue weighted by Gasteiger charge is -2.46. The number of fused-ring (bicyclic) bond motifs is 2. The molecule has 7 unspecified atom stereocenters. The van der Waals surface area contributed by atoms with Crippen molar-refractivity contribution in [2.24, 2.45) is 39.9 Å². The summed E-state index contributed by atoms with van der Waals surface area (Å²) in [5.41, 5.74) is -0.785. The number of hydrogen-bond acceptors (Lipinski definition) is 3. The number of carbonyl (C=O) groups is 1. The Hall–Kier alpha value is -0.670. The highest BCUT2D eigenvalue weighted by atomic mass is 16.3. The van der Waals surface area contributed by atoms with E-state index < -0.39 is 16.6 Å². The molecule has 29 heavy (non-hydrogen) atoms. The Balaban J connectivity index is 1.64. The third-order valence-corrected chi connectivity index (χ3v) is 9.37. The molecular weight excluding hydrogens is 360 g/mol. The Morgan fingerprint density at radius 1 is 1.00 bits per heavy atom. The van der Waals surface area contributed by atoms with E-state index in [0.717, 1.165) is 38.5 Å². The predicted molar refractivity (Wildman–Crippen MR) is 116 cm³/mol. The van der Waals surface area contributed by atoms with Crippen LogP contribution in [0.1, 0.15) is 93.4 Å². The molecular formula is C26H42O3. The molecule has 4 fully saturated rings. The number of Topliss-reactive ketones (excluding diaryl/α,β-unsaturated/α-hetero) is 1. The maximum Gasteiger partial charge on any atom is 0.146 e. The SMILES string of the molecule is CC(C)=CC(C)(C(=O)[C@@H]1CC1C12CC(C)CC3(O)CC(O)(CC3C1)C2)C(C)(C)C. The summed E-state index contributed by atoms with van der Waals surface area (Å²) in [6.45, 7) is 15.1. The van der Waals surface area contributed by atoms with E-state index in [4.69, 9.17) is 0 Å². The van der Waals surface area contributed by atoms with Crippen molar-refractivity contribution in [3.05, 3.63) is 11.6 Å². The van der Waals surface area contributed by atoms with Crippen molar-refractivity contribution in [3.8, 4) is 0 Å². The predicted octanol–water partition coefficient (Wildman–Crippen LogP) is 5.29. The molecule has 0 spiro atoms. The minimum absolute atomic E-state index is 0.0299. The number of aliphatic hydroxyl groups is 2. The van der Waals surface area contributed by atoms with E-state index in [9.17, 15) is 15.0 Å². The van der Waals surface area contributed by atoms with E-state index in [2.05, 4.69) is 54.5 Å². The van der Waals surface area contributed by atoms with Crippen LogP contribution < -0.4 is 0 Å². The molecule has 0 aromatic rings. The first kappa shape index (κ1) is 21.6. The third kappa shape index (κ3) is 3.26. The summed E-state index contributed by atoms with van der Waals surface area (Å²) in [5, 5.41) is 22.6. The molecule has 8 atom stereocenters. The highest BCUT2D eigenvalue weighted by Crippen LogP contribution is 2.70. The van der Waals surface area contributed by atoms with Crippen molar-refractivity contribution < 1.29 is 15.0 Å². The molecule has 4 saturated carbocycles. The summed E-state index contributed by atoms with van der Waals surface area (Å²) in [7, 11) is 0. The van der Waals surface area contributed by atoms with E-state index in [-0.39, 0.29) is 22.7 Å². The highest BCUT2D eigenvalue weighted by Gasteiger charge is 2.69. The van der Waals surface area contributed by atoms with Gasteiger partial charge in [-0.1, -0.05) is 39.3 Å². The second-order valence-corrected chi connectivity index (χ2v) is 13.1. The molecule has 164 valence electrons. The molecule has 0 amide bonds. The topological polar surface area (TPSA) is 57.5 Å². The molecule has 0 saturated heterocycles. The second kappa shape index (κ2) is 6.19. The smallest absolute Gasteiger partial charge is 0.146 e. The summed E-state index contributed by atoms with van der Waals surface area (Å²) in [6.07, 6.45) is 8.10. The highest BCUT2D eigenvalue weighted by molar-refractivity contribution is 5.91. The van der Waals surface area contributed by atoms with Gasteiger partial charge in [0.25, 0.3) is 0 Å². The Morgan fingerprint density at radius 2 is 1.66 bits per heavy atom. The summed E-state index contributed by atoms with van der Waals surface area (Å²) in [6, 6.07) is 0. The molecule has 0 aromatic heterocycles. The molecule has 4 aliphatic rings. The molecule has 3 heteroatoms. The lowest BCUT2D eigenvalue weighted by Crippen LogP contribution is -2.44. The summed E-state index contributed by atoms with van der Waals surface area (Å²) >= 11 is 0. The number of allylic oxidation sites excluding steroid dienone is 2. The normalized spacial score (nSPS) is 48.0. The van der Waals surface area contributed by atoms with Crippen LogP contribution in [0.2, 0.25) is 0 Å². The van der Waals surface area contributed by atoms with Crippen LogP contribution in [0.15, 0.2) is 11.6 Å². The Morgan fingerprint density at radius 3 is 2.24 bits per heavy atom. The molecule has 0 radical (unpaired) electrons. The maximum absolute atomic E-state index is 13.9. The minimum Gasteiger partial charge on any atom is -0.390 e. The van der Waals surface area contributed by atoms with Gasteiger partial charge in [0.2, 0.25) is 0 Å². The van der Waals surface area contributed by atoms with Crippen LogP contribution >= 0.6 is 0 Å². The maximum atomic E-state index is 13.9. The van der Waals surface area contributed by atoms with E-state index in [1.54, 1.807) is 0 Å². The van der Waals surface area contributed by atoms with Crippen LogP contribution in [-0.2, 0) is 4.79 Å². The third-order valence-electron chi connectivity index (χ3n) is 9.37. The first-order valence-electron chi connectivity index (χ1n) is 11.8. The second-order valence-electron chi connectivity index (χ2n) is 13.1. The van der Waals surface area contributed by atoms with Gasteiger partial charge in [0.05, 0.1) is 11.2 Å². The Kier molecular flexibility index (Phi) is 4.60. The van der Waals surface area contributed by atoms with Gasteiger partial charge in [-0.25, -0.2) is 0 Å². The number of carbonyl (C=O) groups excluding carboxylic acids is 1. The quantitative estimate of drug-likeness (QED) is 0.628. The van der Waals surface area contributed by atoms with Crippen LogP contribution in [0.5, 0.6) is 0 Å². The van der Waals surface area contributed by atoms with E-state index >= 15 is 0 Å². The molecule has 3 nitrogen and oxygen atoms in total. The van der Waals surface area contributed by atoms with Gasteiger partial charge >= 0.3 is 0 Å². The average molecular weight is 403 g/mol. The number of rotatable bonds is 4. The van der Waals surface area contributed by atoms with Crippen LogP contribution in [0.25, 0.3) is 0 Å². The molecule has 0 aliphatic heterocycles. The van der Waals surface area contributed by atoms with Crippen molar-refractivity contribution in [3.63, 3.8) is 0 Å². The monoisotopic (exact) mass is 402 g/mol. The molecule has 0 heterocycles. The van der Waals surface area contributed by atoms with E-state index in [1.165, 1.54) is 5.57 Å². The molecule has 3 bridgehead atoms. The number of ketones is 1. The van der Waals surface area contributed by atoms with Crippen molar-refractivity contribution in [1.82, 2.24) is 0 Å². The van der Waals surface area contributed by atoms with Gasteiger partial charge in [0, 0.05) is 17.8 Å². The molecule has 4 rings (SSSR count). The molecule has 0 aromatic carbocycles. The van der Waals surface area contributed by atoms with E-state index in [1.807, 2.05) is 0 Å². The van der Waals surface area contributed by atoms with Gasteiger partial charge < -0.3 is 10.2 Å². The zero-order valence-electron chi connectivity index (χ0n) is 19.6. The largest absolute Gasteiger partial charge is 0.390 e. The standard InChI is InChI=1S/C26H42O3/c1-16(2)9-23(7,22(4,5)6)21(27)19-8-20(19)24-10-17(3)11-26(29)15-25(28,14-24)13-18(26)12-24/h9,17-20,28-29H,8,10-15H2,1-7H3/t17?,18?,19-,20?,23?,24?,25?,26?/m1/s1. The summed E-state index contributed by atoms with van der Waals surface area (Å²) in [4.78, 5) is 13.9. The summed E-state index contributed by atoms with van der Waals surface area (Å²) in [5.74, 6) is 1.53. The van der Waals surface area contributed by atoms with Crippen molar-refractivity contribution >= 4 is 5.78 Å². The first-order valence-corrected chi connectivity index (χ1v) is 11.8. The van der Waals surface area contributed by atoms with Gasteiger partial charge in [0.1, 0.15) is 5.78 Å². The fraction of sp³-hybridized carbons (Fsp3) is 0.885. The van der Waals surface area contributed by atoms with Crippen LogP contribution in [0.4, 0.5) is 0 Å². The fourth-order valence-electron chi connectivity index (χ4n) is 8.03. The zero-order valence-corrected chi connectivity index (χ0v) is 19.6. The van der Waals surface area contributed by atoms with Crippen molar-refractivity contribution in [2.45, 2.75) is 105 Å². The van der Waals surface area contributed by atoms with Gasteiger partial charge in [-0.15, -0.1) is 0 Å². The van der Waals surface area contributed by atoms with Gasteiger partial charge in [-0.3, -0.25) is 4.79 Å². The van der Waals surface area contributed by atoms with Crippen LogP contribution in [-0.4, -0.2) is 27.2 Å². The van der Waals surface area contributed by atoms with Crippen molar-refractivity contribution in [1.29, 1.82) is 0 Å². The molecule has 4 aliphatic carbocycles. The minimum atomic E-state index is -0.721. The Labute approximate surface area is 177 Å².